The second kappa shape index (κ2) is 8.12. The topological polar surface area (TPSA) is 75.6 Å². The summed E-state index contributed by atoms with van der Waals surface area (Å²) < 4.78 is 5.19. The van der Waals surface area contributed by atoms with E-state index in [2.05, 4.69) is 5.32 Å². The molecule has 0 aliphatic heterocycles. The minimum atomic E-state index is -0.991. The maximum atomic E-state index is 11.5. The monoisotopic (exact) mass is 277 g/mol. The zero-order chi connectivity index (χ0) is 15.0. The first-order valence-corrected chi connectivity index (χ1v) is 6.35. The van der Waals surface area contributed by atoms with Crippen molar-refractivity contribution >= 4 is 18.0 Å². The van der Waals surface area contributed by atoms with Gasteiger partial charge in [-0.2, -0.15) is 0 Å². The summed E-state index contributed by atoms with van der Waals surface area (Å²) in [5.74, 6) is -1.17. The molecule has 1 rings (SSSR count). The molecule has 108 valence electrons. The molecule has 0 heterocycles. The van der Waals surface area contributed by atoms with E-state index >= 15 is 0 Å². The largest absolute Gasteiger partial charge is 0.478 e. The summed E-state index contributed by atoms with van der Waals surface area (Å²) in [6, 6.07) is 7.30. The van der Waals surface area contributed by atoms with Gasteiger partial charge >= 0.3 is 5.97 Å². The lowest BCUT2D eigenvalue weighted by Crippen LogP contribution is -2.28. The Hall–Kier alpha value is -2.14. The molecular weight excluding hydrogens is 258 g/mol. The molecule has 0 unspecified atom stereocenters. The molecule has 0 radical (unpaired) electrons. The van der Waals surface area contributed by atoms with Crippen molar-refractivity contribution in [2.24, 2.45) is 0 Å². The quantitative estimate of drug-likeness (QED) is 0.745. The Labute approximate surface area is 118 Å². The number of benzene rings is 1. The van der Waals surface area contributed by atoms with Crippen LogP contribution < -0.4 is 5.32 Å². The van der Waals surface area contributed by atoms with Crippen LogP contribution in [0.15, 0.2) is 30.3 Å². The summed E-state index contributed by atoms with van der Waals surface area (Å²) >= 11 is 0. The first-order chi connectivity index (χ1) is 9.47. The van der Waals surface area contributed by atoms with Gasteiger partial charge in [0.05, 0.1) is 6.10 Å². The number of carboxylic acid groups (broad SMARTS) is 1. The predicted molar refractivity (Wildman–Crippen MR) is 76.0 cm³/mol. The van der Waals surface area contributed by atoms with Gasteiger partial charge in [0, 0.05) is 12.6 Å². The molecule has 5 nitrogen and oxygen atoms in total. The van der Waals surface area contributed by atoms with Crippen LogP contribution in [0.3, 0.4) is 0 Å². The average molecular weight is 277 g/mol. The number of carboxylic acids is 1. The summed E-state index contributed by atoms with van der Waals surface area (Å²) in [5.41, 5.74) is 1.67. The number of carbonyl (C=O) groups is 2. The molecule has 0 aliphatic carbocycles. The van der Waals surface area contributed by atoms with Crippen molar-refractivity contribution in [1.29, 1.82) is 0 Å². The number of hydrogen-bond acceptors (Lipinski definition) is 3. The van der Waals surface area contributed by atoms with E-state index in [1.165, 1.54) is 6.08 Å². The molecule has 1 aromatic rings. The van der Waals surface area contributed by atoms with E-state index in [1.807, 2.05) is 32.0 Å². The minimum Gasteiger partial charge on any atom is -0.478 e. The van der Waals surface area contributed by atoms with Crippen LogP contribution in [0.4, 0.5) is 0 Å². The average Bonchev–Trinajstić information content (AvgIpc) is 2.41. The number of aliphatic carboxylic acids is 1. The Morgan fingerprint density at radius 2 is 2.15 bits per heavy atom. The van der Waals surface area contributed by atoms with Crippen LogP contribution in [0.5, 0.6) is 0 Å². The van der Waals surface area contributed by atoms with Crippen molar-refractivity contribution in [3.8, 4) is 0 Å². The molecule has 5 heteroatoms. The number of ether oxygens (including phenoxy) is 1. The molecule has 0 saturated carbocycles. The Balaban J connectivity index is 2.50. The van der Waals surface area contributed by atoms with Gasteiger partial charge in [0.2, 0.25) is 5.91 Å². The molecule has 0 aromatic heterocycles. The molecule has 2 N–H and O–H groups in total. The summed E-state index contributed by atoms with van der Waals surface area (Å²) in [6.45, 7) is 4.16. The van der Waals surface area contributed by atoms with Crippen molar-refractivity contribution in [3.05, 3.63) is 41.5 Å². The fraction of sp³-hybridized carbons (Fsp3) is 0.333. The van der Waals surface area contributed by atoms with E-state index in [4.69, 9.17) is 9.84 Å². The normalized spacial score (nSPS) is 10.9. The van der Waals surface area contributed by atoms with Gasteiger partial charge < -0.3 is 15.2 Å². The van der Waals surface area contributed by atoms with Gasteiger partial charge in [-0.15, -0.1) is 0 Å². The van der Waals surface area contributed by atoms with E-state index in [0.717, 1.165) is 17.2 Å². The van der Waals surface area contributed by atoms with E-state index in [-0.39, 0.29) is 18.6 Å². The van der Waals surface area contributed by atoms with Gasteiger partial charge in [0.15, 0.2) is 0 Å². The molecule has 1 aromatic carbocycles. The molecule has 0 atom stereocenters. The lowest BCUT2D eigenvalue weighted by atomic mass is 10.1. The Bertz CT molecular complexity index is 494. The van der Waals surface area contributed by atoms with Crippen molar-refractivity contribution in [2.75, 3.05) is 6.61 Å². The molecule has 1 amide bonds. The number of hydrogen-bond donors (Lipinski definition) is 2. The zero-order valence-corrected chi connectivity index (χ0v) is 11.6. The van der Waals surface area contributed by atoms with Crippen LogP contribution >= 0.6 is 0 Å². The van der Waals surface area contributed by atoms with E-state index < -0.39 is 5.97 Å². The summed E-state index contributed by atoms with van der Waals surface area (Å²) in [7, 11) is 0. The van der Waals surface area contributed by atoms with Crippen molar-refractivity contribution in [1.82, 2.24) is 5.32 Å². The fourth-order valence-corrected chi connectivity index (χ4v) is 1.47. The molecule has 0 aliphatic rings. The highest BCUT2D eigenvalue weighted by Crippen LogP contribution is 2.07. The van der Waals surface area contributed by atoms with E-state index in [9.17, 15) is 9.59 Å². The Morgan fingerprint density at radius 1 is 1.40 bits per heavy atom. The van der Waals surface area contributed by atoms with Gasteiger partial charge in [-0.05, 0) is 37.1 Å². The van der Waals surface area contributed by atoms with Gasteiger partial charge in [-0.1, -0.05) is 18.2 Å². The third kappa shape index (κ3) is 6.70. The number of rotatable bonds is 7. The Kier molecular flexibility index (Phi) is 6.46. The van der Waals surface area contributed by atoms with Crippen LogP contribution in [-0.4, -0.2) is 29.7 Å². The Morgan fingerprint density at radius 3 is 2.80 bits per heavy atom. The lowest BCUT2D eigenvalue weighted by Gasteiger charge is -2.08. The number of carbonyl (C=O) groups excluding carboxylic acids is 1. The van der Waals surface area contributed by atoms with Gasteiger partial charge in [-0.3, -0.25) is 4.79 Å². The SMILES string of the molecule is CC(C)OCC(=O)NCc1cccc(/C=C/C(=O)O)c1. The third-order valence-corrected chi connectivity index (χ3v) is 2.41. The van der Waals surface area contributed by atoms with E-state index in [0.29, 0.717) is 6.54 Å². The molecule has 0 fully saturated rings. The lowest BCUT2D eigenvalue weighted by molar-refractivity contribution is -0.131. The predicted octanol–water partition coefficient (Wildman–Crippen LogP) is 1.83. The maximum absolute atomic E-state index is 11.5. The van der Waals surface area contributed by atoms with Crippen molar-refractivity contribution < 1.29 is 19.4 Å². The number of amides is 1. The fourth-order valence-electron chi connectivity index (χ4n) is 1.47. The number of nitrogens with one attached hydrogen (secondary N) is 1. The highest BCUT2D eigenvalue weighted by atomic mass is 16.5. The first-order valence-electron chi connectivity index (χ1n) is 6.35. The standard InChI is InChI=1S/C15H19NO4/c1-11(2)20-10-14(17)16-9-13-5-3-4-12(8-13)6-7-15(18)19/h3-8,11H,9-10H2,1-2H3,(H,16,17)(H,18,19)/b7-6+. The molecule has 0 saturated heterocycles. The molecule has 0 bridgehead atoms. The van der Waals surface area contributed by atoms with Crippen LogP contribution in [0.2, 0.25) is 0 Å². The summed E-state index contributed by atoms with van der Waals surface area (Å²) in [5, 5.41) is 11.3. The van der Waals surface area contributed by atoms with E-state index in [1.54, 1.807) is 6.07 Å². The molecular formula is C15H19NO4. The van der Waals surface area contributed by atoms with Crippen molar-refractivity contribution in [2.45, 2.75) is 26.5 Å². The third-order valence-electron chi connectivity index (χ3n) is 2.41. The second-order valence-electron chi connectivity index (χ2n) is 4.55. The van der Waals surface area contributed by atoms with Crippen LogP contribution in [0, 0.1) is 0 Å². The highest BCUT2D eigenvalue weighted by Gasteiger charge is 2.03. The maximum Gasteiger partial charge on any atom is 0.328 e. The smallest absolute Gasteiger partial charge is 0.328 e. The molecule has 0 spiro atoms. The minimum absolute atomic E-state index is 0.0187. The van der Waals surface area contributed by atoms with Crippen LogP contribution in [0.1, 0.15) is 25.0 Å². The first kappa shape index (κ1) is 15.9. The molecule has 20 heavy (non-hydrogen) atoms. The summed E-state index contributed by atoms with van der Waals surface area (Å²) in [4.78, 5) is 21.9. The van der Waals surface area contributed by atoms with Gasteiger partial charge in [0.1, 0.15) is 6.61 Å². The highest BCUT2D eigenvalue weighted by molar-refractivity contribution is 5.85. The second-order valence-corrected chi connectivity index (χ2v) is 4.55. The van der Waals surface area contributed by atoms with Gasteiger partial charge in [-0.25, -0.2) is 4.79 Å². The van der Waals surface area contributed by atoms with Crippen molar-refractivity contribution in [3.63, 3.8) is 0 Å². The van der Waals surface area contributed by atoms with Crippen LogP contribution in [-0.2, 0) is 20.9 Å². The van der Waals surface area contributed by atoms with Gasteiger partial charge in [0.25, 0.3) is 0 Å². The van der Waals surface area contributed by atoms with Crippen LogP contribution in [0.25, 0.3) is 6.08 Å². The summed E-state index contributed by atoms with van der Waals surface area (Å²) in [6.07, 6.45) is 2.61. The zero-order valence-electron chi connectivity index (χ0n) is 11.6.